The van der Waals surface area contributed by atoms with Crippen molar-refractivity contribution in [3.63, 3.8) is 0 Å². The molecule has 0 saturated heterocycles. The second kappa shape index (κ2) is 4.90. The van der Waals surface area contributed by atoms with Crippen molar-refractivity contribution in [1.82, 2.24) is 15.1 Å². The molecule has 17 heavy (non-hydrogen) atoms. The van der Waals surface area contributed by atoms with E-state index in [0.29, 0.717) is 12.5 Å². The Labute approximate surface area is 102 Å². The van der Waals surface area contributed by atoms with Crippen molar-refractivity contribution in [2.45, 2.75) is 45.6 Å². The molecule has 0 spiro atoms. The summed E-state index contributed by atoms with van der Waals surface area (Å²) < 4.78 is 0. The first-order chi connectivity index (χ1) is 8.18. The fourth-order valence-electron chi connectivity index (χ4n) is 2.89. The van der Waals surface area contributed by atoms with Crippen LogP contribution in [0.15, 0.2) is 12.4 Å². The van der Waals surface area contributed by atoms with E-state index in [1.54, 1.807) is 6.20 Å². The number of amides is 1. The van der Waals surface area contributed by atoms with E-state index in [1.807, 2.05) is 18.1 Å². The quantitative estimate of drug-likeness (QED) is 0.870. The Hall–Kier alpha value is -1.32. The van der Waals surface area contributed by atoms with Crippen molar-refractivity contribution >= 4 is 5.91 Å². The molecule has 0 aliphatic heterocycles. The van der Waals surface area contributed by atoms with Gasteiger partial charge in [0.05, 0.1) is 6.20 Å². The molecule has 4 nitrogen and oxygen atoms in total. The van der Waals surface area contributed by atoms with E-state index in [-0.39, 0.29) is 5.41 Å². The molecule has 0 radical (unpaired) electrons. The van der Waals surface area contributed by atoms with Crippen molar-refractivity contribution in [2.75, 3.05) is 7.05 Å². The van der Waals surface area contributed by atoms with Crippen molar-refractivity contribution in [2.24, 2.45) is 5.41 Å². The fourth-order valence-corrected chi connectivity index (χ4v) is 2.89. The second-order valence-electron chi connectivity index (χ2n) is 5.11. The van der Waals surface area contributed by atoms with Gasteiger partial charge in [-0.2, -0.15) is 5.10 Å². The molecule has 1 aliphatic rings. The Bertz CT molecular complexity index is 366. The highest BCUT2D eigenvalue weighted by Gasteiger charge is 2.40. The Balaban J connectivity index is 2.03. The highest BCUT2D eigenvalue weighted by Crippen LogP contribution is 2.42. The van der Waals surface area contributed by atoms with Gasteiger partial charge in [-0.05, 0) is 19.3 Å². The van der Waals surface area contributed by atoms with Crippen LogP contribution >= 0.6 is 0 Å². The van der Waals surface area contributed by atoms with E-state index in [9.17, 15) is 4.79 Å². The number of aromatic amines is 1. The summed E-state index contributed by atoms with van der Waals surface area (Å²) in [5, 5.41) is 6.69. The van der Waals surface area contributed by atoms with Crippen LogP contribution in [-0.2, 0) is 11.3 Å². The average Bonchev–Trinajstić information content (AvgIpc) is 2.99. The molecule has 0 bridgehead atoms. The first-order valence-corrected chi connectivity index (χ1v) is 6.41. The highest BCUT2D eigenvalue weighted by atomic mass is 16.2. The maximum atomic E-state index is 12.5. The Morgan fingerprint density at radius 1 is 1.53 bits per heavy atom. The summed E-state index contributed by atoms with van der Waals surface area (Å²) in [4.78, 5) is 14.4. The van der Waals surface area contributed by atoms with Gasteiger partial charge in [0, 0.05) is 30.8 Å². The Morgan fingerprint density at radius 2 is 2.24 bits per heavy atom. The van der Waals surface area contributed by atoms with Crippen LogP contribution in [0, 0.1) is 5.41 Å². The molecule has 94 valence electrons. The largest absolute Gasteiger partial charge is 0.341 e. The molecule has 4 heteroatoms. The number of H-pyrrole nitrogens is 1. The summed E-state index contributed by atoms with van der Waals surface area (Å²) in [7, 11) is 1.89. The lowest BCUT2D eigenvalue weighted by molar-refractivity contribution is -0.141. The molecular formula is C13H21N3O. The minimum Gasteiger partial charge on any atom is -0.341 e. The van der Waals surface area contributed by atoms with Crippen LogP contribution in [0.25, 0.3) is 0 Å². The average molecular weight is 235 g/mol. The number of nitrogens with zero attached hydrogens (tertiary/aromatic N) is 2. The van der Waals surface area contributed by atoms with E-state index in [1.165, 1.54) is 12.8 Å². The summed E-state index contributed by atoms with van der Waals surface area (Å²) in [5.41, 5.74) is 0.975. The van der Waals surface area contributed by atoms with E-state index < -0.39 is 0 Å². The molecular weight excluding hydrogens is 214 g/mol. The summed E-state index contributed by atoms with van der Waals surface area (Å²) in [6.45, 7) is 2.78. The highest BCUT2D eigenvalue weighted by molar-refractivity contribution is 5.82. The number of carbonyl (C=O) groups is 1. The zero-order valence-corrected chi connectivity index (χ0v) is 10.7. The van der Waals surface area contributed by atoms with E-state index in [4.69, 9.17) is 0 Å². The topological polar surface area (TPSA) is 49.0 Å². The predicted molar refractivity (Wildman–Crippen MR) is 66.3 cm³/mol. The molecule has 1 heterocycles. The maximum absolute atomic E-state index is 12.5. The van der Waals surface area contributed by atoms with Gasteiger partial charge < -0.3 is 4.90 Å². The third-order valence-electron chi connectivity index (χ3n) is 4.01. The number of rotatable bonds is 4. The third kappa shape index (κ3) is 2.35. The molecule has 1 N–H and O–H groups in total. The minimum atomic E-state index is -0.0848. The Kier molecular flexibility index (Phi) is 3.50. The SMILES string of the molecule is CCC1(C(=O)N(C)Cc2cn[nH]c2)CCCC1. The third-order valence-corrected chi connectivity index (χ3v) is 4.01. The molecule has 0 unspecified atom stereocenters. The lowest BCUT2D eigenvalue weighted by Gasteiger charge is -2.31. The van der Waals surface area contributed by atoms with Crippen molar-refractivity contribution in [1.29, 1.82) is 0 Å². The normalized spacial score (nSPS) is 18.2. The van der Waals surface area contributed by atoms with Gasteiger partial charge in [0.25, 0.3) is 0 Å². The van der Waals surface area contributed by atoms with E-state index >= 15 is 0 Å². The number of nitrogens with one attached hydrogen (secondary N) is 1. The lowest BCUT2D eigenvalue weighted by atomic mass is 9.82. The number of hydrogen-bond donors (Lipinski definition) is 1. The minimum absolute atomic E-state index is 0.0848. The standard InChI is InChI=1S/C13H21N3O/c1-3-13(6-4-5-7-13)12(17)16(2)10-11-8-14-15-9-11/h8-9H,3-7,10H2,1-2H3,(H,14,15). The lowest BCUT2D eigenvalue weighted by Crippen LogP contribution is -2.39. The van der Waals surface area contributed by atoms with E-state index in [2.05, 4.69) is 17.1 Å². The molecule has 1 amide bonds. The zero-order valence-electron chi connectivity index (χ0n) is 10.7. The van der Waals surface area contributed by atoms with Gasteiger partial charge in [0.2, 0.25) is 5.91 Å². The van der Waals surface area contributed by atoms with Gasteiger partial charge in [0.15, 0.2) is 0 Å². The zero-order chi connectivity index (χ0) is 12.3. The van der Waals surface area contributed by atoms with E-state index in [0.717, 1.165) is 24.8 Å². The van der Waals surface area contributed by atoms with Crippen LogP contribution in [-0.4, -0.2) is 28.1 Å². The molecule has 2 rings (SSSR count). The first kappa shape index (κ1) is 12.1. The van der Waals surface area contributed by atoms with Crippen molar-refractivity contribution in [3.8, 4) is 0 Å². The van der Waals surface area contributed by atoms with Crippen molar-refractivity contribution < 1.29 is 4.79 Å². The summed E-state index contributed by atoms with van der Waals surface area (Å²) >= 11 is 0. The second-order valence-corrected chi connectivity index (χ2v) is 5.11. The molecule has 0 aromatic carbocycles. The van der Waals surface area contributed by atoms with Gasteiger partial charge in [-0.1, -0.05) is 19.8 Å². The fraction of sp³-hybridized carbons (Fsp3) is 0.692. The number of aromatic nitrogens is 2. The number of hydrogen-bond acceptors (Lipinski definition) is 2. The van der Waals surface area contributed by atoms with Gasteiger partial charge in [-0.15, -0.1) is 0 Å². The van der Waals surface area contributed by atoms with Crippen LogP contribution in [0.2, 0.25) is 0 Å². The van der Waals surface area contributed by atoms with Crippen LogP contribution in [0.5, 0.6) is 0 Å². The molecule has 1 aromatic rings. The Morgan fingerprint density at radius 3 is 2.76 bits per heavy atom. The maximum Gasteiger partial charge on any atom is 0.228 e. The monoisotopic (exact) mass is 235 g/mol. The molecule has 1 fully saturated rings. The number of carbonyl (C=O) groups excluding carboxylic acids is 1. The summed E-state index contributed by atoms with van der Waals surface area (Å²) in [5.74, 6) is 0.304. The molecule has 1 aromatic heterocycles. The van der Waals surface area contributed by atoms with Crippen LogP contribution < -0.4 is 0 Å². The first-order valence-electron chi connectivity index (χ1n) is 6.41. The summed E-state index contributed by atoms with van der Waals surface area (Å²) in [6.07, 6.45) is 9.07. The predicted octanol–water partition coefficient (Wildman–Crippen LogP) is 2.34. The van der Waals surface area contributed by atoms with Crippen LogP contribution in [0.3, 0.4) is 0 Å². The van der Waals surface area contributed by atoms with Gasteiger partial charge in [-0.25, -0.2) is 0 Å². The van der Waals surface area contributed by atoms with Gasteiger partial charge >= 0.3 is 0 Å². The van der Waals surface area contributed by atoms with Crippen molar-refractivity contribution in [3.05, 3.63) is 18.0 Å². The summed E-state index contributed by atoms with van der Waals surface area (Å²) in [6, 6.07) is 0. The van der Waals surface area contributed by atoms with Gasteiger partial charge in [-0.3, -0.25) is 9.89 Å². The van der Waals surface area contributed by atoms with Crippen LogP contribution in [0.4, 0.5) is 0 Å². The molecule has 1 aliphatic carbocycles. The van der Waals surface area contributed by atoms with Gasteiger partial charge in [0.1, 0.15) is 0 Å². The van der Waals surface area contributed by atoms with Crippen LogP contribution in [0.1, 0.15) is 44.6 Å². The molecule has 1 saturated carbocycles. The molecule has 0 atom stereocenters. The smallest absolute Gasteiger partial charge is 0.228 e.